The molecule has 1 fully saturated rings. The van der Waals surface area contributed by atoms with Gasteiger partial charge in [-0.3, -0.25) is 9.62 Å². The van der Waals surface area contributed by atoms with Crippen molar-refractivity contribution < 1.29 is 13.3 Å². The average molecular weight is 350 g/mol. The minimum Gasteiger partial charge on any atom is -0.494 e. The standard InChI is InChI=1S/C16H19FN4O2S/c1-23-14-7-12(17)6-13-15(14)19-10-20-16(13)21-4-2-11(3-5-21)8-24(22)9-18/h6-7,9-11,18H,2-5,8H2,1H3. The molecule has 0 amide bonds. The largest absolute Gasteiger partial charge is 0.494 e. The van der Waals surface area contributed by atoms with E-state index < -0.39 is 10.8 Å². The molecule has 24 heavy (non-hydrogen) atoms. The van der Waals surface area contributed by atoms with Crippen LogP contribution in [0.5, 0.6) is 5.75 Å². The molecule has 0 radical (unpaired) electrons. The van der Waals surface area contributed by atoms with Crippen molar-refractivity contribution in [3.8, 4) is 5.75 Å². The van der Waals surface area contributed by atoms with Crippen LogP contribution in [0.2, 0.25) is 0 Å². The summed E-state index contributed by atoms with van der Waals surface area (Å²) in [6, 6.07) is 2.75. The molecule has 0 saturated carbocycles. The van der Waals surface area contributed by atoms with Crippen LogP contribution in [0.1, 0.15) is 12.8 Å². The molecule has 1 aliphatic rings. The number of aromatic nitrogens is 2. The van der Waals surface area contributed by atoms with Crippen molar-refractivity contribution in [2.45, 2.75) is 12.8 Å². The summed E-state index contributed by atoms with van der Waals surface area (Å²) < 4.78 is 30.6. The fraction of sp³-hybridized carbons (Fsp3) is 0.438. The lowest BCUT2D eigenvalue weighted by molar-refractivity contribution is 0.415. The minimum absolute atomic E-state index is 0.336. The van der Waals surface area contributed by atoms with Crippen LogP contribution in [0.3, 0.4) is 0 Å². The number of hydrogen-bond donors (Lipinski definition) is 1. The van der Waals surface area contributed by atoms with Gasteiger partial charge in [-0.1, -0.05) is 0 Å². The summed E-state index contributed by atoms with van der Waals surface area (Å²) in [5, 5.41) is 7.69. The number of methoxy groups -OCH3 is 1. The number of piperidine rings is 1. The fourth-order valence-electron chi connectivity index (χ4n) is 3.09. The number of halogens is 1. The lowest BCUT2D eigenvalue weighted by Gasteiger charge is -2.33. The van der Waals surface area contributed by atoms with Gasteiger partial charge in [-0.15, -0.1) is 0 Å². The van der Waals surface area contributed by atoms with E-state index in [1.807, 2.05) is 0 Å². The first-order valence-corrected chi connectivity index (χ1v) is 9.11. The molecule has 1 N–H and O–H groups in total. The lowest BCUT2D eigenvalue weighted by Crippen LogP contribution is -2.36. The van der Waals surface area contributed by atoms with E-state index >= 15 is 0 Å². The molecule has 0 spiro atoms. The Morgan fingerprint density at radius 3 is 2.83 bits per heavy atom. The van der Waals surface area contributed by atoms with Gasteiger partial charge in [-0.2, -0.15) is 0 Å². The summed E-state index contributed by atoms with van der Waals surface area (Å²) in [6.45, 7) is 1.51. The molecule has 2 aromatic rings. The van der Waals surface area contributed by atoms with Gasteiger partial charge in [0.15, 0.2) is 0 Å². The number of nitrogens with one attached hydrogen (secondary N) is 1. The van der Waals surface area contributed by atoms with Gasteiger partial charge in [-0.25, -0.2) is 14.4 Å². The molecule has 0 bridgehead atoms. The van der Waals surface area contributed by atoms with Crippen molar-refractivity contribution in [2.24, 2.45) is 5.92 Å². The summed E-state index contributed by atoms with van der Waals surface area (Å²) >= 11 is 0. The third-order valence-electron chi connectivity index (χ3n) is 4.31. The van der Waals surface area contributed by atoms with E-state index in [-0.39, 0.29) is 5.82 Å². The van der Waals surface area contributed by atoms with E-state index in [1.54, 1.807) is 0 Å². The van der Waals surface area contributed by atoms with Gasteiger partial charge in [0, 0.05) is 30.3 Å². The molecule has 6 nitrogen and oxygen atoms in total. The van der Waals surface area contributed by atoms with Gasteiger partial charge >= 0.3 is 0 Å². The lowest BCUT2D eigenvalue weighted by atomic mass is 9.98. The SMILES string of the molecule is COc1cc(F)cc2c(N3CCC(CS(=O)C=N)CC3)ncnc12. The van der Waals surface area contributed by atoms with E-state index in [1.165, 1.54) is 25.6 Å². The highest BCUT2D eigenvalue weighted by molar-refractivity contribution is 7.98. The molecular formula is C16H19FN4O2S. The zero-order chi connectivity index (χ0) is 17.1. The van der Waals surface area contributed by atoms with E-state index in [4.69, 9.17) is 10.1 Å². The maximum absolute atomic E-state index is 13.9. The third-order valence-corrected chi connectivity index (χ3v) is 5.38. The first-order chi connectivity index (χ1) is 11.6. The maximum atomic E-state index is 13.9. The van der Waals surface area contributed by atoms with Gasteiger partial charge < -0.3 is 9.64 Å². The van der Waals surface area contributed by atoms with Gasteiger partial charge in [0.05, 0.1) is 23.5 Å². The second-order valence-corrected chi connectivity index (χ2v) is 7.13. The fourth-order valence-corrected chi connectivity index (χ4v) is 3.98. The Labute approximate surface area is 142 Å². The van der Waals surface area contributed by atoms with E-state index in [0.717, 1.165) is 31.5 Å². The van der Waals surface area contributed by atoms with Crippen molar-refractivity contribution >= 4 is 33.1 Å². The van der Waals surface area contributed by atoms with E-state index in [2.05, 4.69) is 14.9 Å². The van der Waals surface area contributed by atoms with Crippen LogP contribution in [-0.4, -0.2) is 45.7 Å². The van der Waals surface area contributed by atoms with Crippen LogP contribution in [0.25, 0.3) is 10.9 Å². The van der Waals surface area contributed by atoms with Crippen LogP contribution in [-0.2, 0) is 10.8 Å². The topological polar surface area (TPSA) is 79.2 Å². The van der Waals surface area contributed by atoms with Crippen molar-refractivity contribution in [3.63, 3.8) is 0 Å². The highest BCUT2D eigenvalue weighted by Gasteiger charge is 2.23. The van der Waals surface area contributed by atoms with Gasteiger partial charge in [0.2, 0.25) is 0 Å². The quantitative estimate of drug-likeness (QED) is 0.661. The maximum Gasteiger partial charge on any atom is 0.148 e. The number of benzene rings is 1. The summed E-state index contributed by atoms with van der Waals surface area (Å²) in [5.74, 6) is 1.58. The molecule has 128 valence electrons. The summed E-state index contributed by atoms with van der Waals surface area (Å²) in [4.78, 5) is 10.7. The number of rotatable bonds is 5. The van der Waals surface area contributed by atoms with Crippen molar-refractivity contribution in [2.75, 3.05) is 30.9 Å². The monoisotopic (exact) mass is 350 g/mol. The molecule has 8 heteroatoms. The second kappa shape index (κ2) is 7.21. The number of hydrogen-bond acceptors (Lipinski definition) is 6. The number of fused-ring (bicyclic) bond motifs is 1. The predicted octanol–water partition coefficient (Wildman–Crippen LogP) is 2.35. The molecule has 1 aromatic heterocycles. The highest BCUT2D eigenvalue weighted by atomic mass is 32.2. The predicted molar refractivity (Wildman–Crippen MR) is 92.8 cm³/mol. The Morgan fingerprint density at radius 1 is 1.42 bits per heavy atom. The number of anilines is 1. The van der Waals surface area contributed by atoms with E-state index in [9.17, 15) is 8.60 Å². The second-order valence-electron chi connectivity index (χ2n) is 5.80. The van der Waals surface area contributed by atoms with Crippen LogP contribution in [0, 0.1) is 17.1 Å². The molecule has 1 atom stereocenters. The molecule has 0 aliphatic carbocycles. The Morgan fingerprint density at radius 2 is 2.17 bits per heavy atom. The zero-order valence-corrected chi connectivity index (χ0v) is 14.2. The average Bonchev–Trinajstić information content (AvgIpc) is 2.61. The van der Waals surface area contributed by atoms with Crippen LogP contribution < -0.4 is 9.64 Å². The minimum atomic E-state index is -1.18. The first kappa shape index (κ1) is 16.8. The molecule has 2 heterocycles. The normalized spacial score (nSPS) is 17.0. The van der Waals surface area contributed by atoms with Crippen molar-refractivity contribution in [1.82, 2.24) is 9.97 Å². The molecular weight excluding hydrogens is 331 g/mol. The van der Waals surface area contributed by atoms with E-state index in [0.29, 0.717) is 34.1 Å². The van der Waals surface area contributed by atoms with Crippen LogP contribution in [0.15, 0.2) is 18.5 Å². The molecule has 3 rings (SSSR count). The van der Waals surface area contributed by atoms with Gasteiger partial charge in [0.25, 0.3) is 0 Å². The first-order valence-electron chi connectivity index (χ1n) is 7.73. The van der Waals surface area contributed by atoms with Crippen molar-refractivity contribution in [1.29, 1.82) is 5.41 Å². The zero-order valence-electron chi connectivity index (χ0n) is 13.4. The van der Waals surface area contributed by atoms with Crippen LogP contribution >= 0.6 is 0 Å². The number of ether oxygens (including phenoxy) is 1. The molecule has 1 saturated heterocycles. The third kappa shape index (κ3) is 3.38. The Hall–Kier alpha value is -2.09. The Balaban J connectivity index is 1.85. The summed E-state index contributed by atoms with van der Waals surface area (Å²) in [6.07, 6.45) is 3.21. The molecule has 1 aliphatic heterocycles. The van der Waals surface area contributed by atoms with Gasteiger partial charge in [0.1, 0.15) is 29.2 Å². The summed E-state index contributed by atoms with van der Waals surface area (Å²) in [5.41, 5.74) is 1.59. The van der Waals surface area contributed by atoms with Crippen LogP contribution in [0.4, 0.5) is 10.2 Å². The number of nitrogens with zero attached hydrogens (tertiary/aromatic N) is 3. The summed E-state index contributed by atoms with van der Waals surface area (Å²) in [7, 11) is 0.312. The molecule has 1 aromatic carbocycles. The highest BCUT2D eigenvalue weighted by Crippen LogP contribution is 2.32. The van der Waals surface area contributed by atoms with Crippen molar-refractivity contribution in [3.05, 3.63) is 24.3 Å². The molecule has 1 unspecified atom stereocenters. The smallest absolute Gasteiger partial charge is 0.148 e. The Kier molecular flexibility index (Phi) is 5.03. The van der Waals surface area contributed by atoms with Gasteiger partial charge in [-0.05, 0) is 24.8 Å². The Bertz CT molecular complexity index is 778.